The maximum atomic E-state index is 9.14. The molecule has 0 unspecified atom stereocenters. The van der Waals surface area contributed by atoms with E-state index in [0.717, 1.165) is 24.5 Å². The summed E-state index contributed by atoms with van der Waals surface area (Å²) in [7, 11) is 0. The van der Waals surface area contributed by atoms with Crippen LogP contribution in [-0.2, 0) is 11.2 Å². The van der Waals surface area contributed by atoms with Crippen molar-refractivity contribution in [2.45, 2.75) is 25.5 Å². The third-order valence-corrected chi connectivity index (χ3v) is 3.73. The quantitative estimate of drug-likeness (QED) is 0.907. The molecule has 0 saturated carbocycles. The van der Waals surface area contributed by atoms with Crippen LogP contribution in [0.4, 0.5) is 0 Å². The SMILES string of the molecule is CCN1C[C@H](CO)OC[C@@H]1Cc1ccc(Cl)cc1. The van der Waals surface area contributed by atoms with Crippen molar-refractivity contribution in [1.29, 1.82) is 0 Å². The number of morpholine rings is 1. The Kier molecular flexibility index (Phi) is 5.01. The summed E-state index contributed by atoms with van der Waals surface area (Å²) in [5.74, 6) is 0. The van der Waals surface area contributed by atoms with Crippen LogP contribution < -0.4 is 0 Å². The van der Waals surface area contributed by atoms with Crippen LogP contribution in [0.3, 0.4) is 0 Å². The van der Waals surface area contributed by atoms with Crippen molar-refractivity contribution in [3.8, 4) is 0 Å². The Morgan fingerprint density at radius 1 is 1.39 bits per heavy atom. The van der Waals surface area contributed by atoms with Crippen molar-refractivity contribution in [1.82, 2.24) is 4.90 Å². The van der Waals surface area contributed by atoms with Gasteiger partial charge in [-0.05, 0) is 30.7 Å². The molecule has 2 rings (SSSR count). The standard InChI is InChI=1S/C14H20ClNO2/c1-2-16-8-14(9-17)18-10-13(16)7-11-3-5-12(15)6-4-11/h3-6,13-14,17H,2,7-10H2,1H3/t13-,14+/m0/s1. The molecule has 4 heteroatoms. The highest BCUT2D eigenvalue weighted by Gasteiger charge is 2.27. The van der Waals surface area contributed by atoms with Crippen LogP contribution in [0.25, 0.3) is 0 Å². The highest BCUT2D eigenvalue weighted by atomic mass is 35.5. The number of benzene rings is 1. The van der Waals surface area contributed by atoms with E-state index >= 15 is 0 Å². The predicted molar refractivity (Wildman–Crippen MR) is 73.0 cm³/mol. The first-order chi connectivity index (χ1) is 8.72. The number of hydrogen-bond acceptors (Lipinski definition) is 3. The van der Waals surface area contributed by atoms with Gasteiger partial charge in [0.15, 0.2) is 0 Å². The van der Waals surface area contributed by atoms with Crippen LogP contribution in [0.5, 0.6) is 0 Å². The Bertz CT molecular complexity index is 369. The van der Waals surface area contributed by atoms with E-state index in [1.54, 1.807) is 0 Å². The molecule has 1 aliphatic heterocycles. The van der Waals surface area contributed by atoms with E-state index in [0.29, 0.717) is 12.6 Å². The molecule has 1 saturated heterocycles. The van der Waals surface area contributed by atoms with E-state index in [1.165, 1.54) is 5.56 Å². The van der Waals surface area contributed by atoms with Gasteiger partial charge >= 0.3 is 0 Å². The third kappa shape index (κ3) is 3.45. The summed E-state index contributed by atoms with van der Waals surface area (Å²) in [6.07, 6.45) is 0.926. The largest absolute Gasteiger partial charge is 0.394 e. The van der Waals surface area contributed by atoms with E-state index in [-0.39, 0.29) is 12.7 Å². The molecule has 1 fully saturated rings. The molecule has 0 amide bonds. The molecule has 2 atom stereocenters. The molecule has 1 N–H and O–H groups in total. The first-order valence-electron chi connectivity index (χ1n) is 6.44. The second kappa shape index (κ2) is 6.53. The number of rotatable bonds is 4. The first kappa shape index (κ1) is 13.8. The highest BCUT2D eigenvalue weighted by molar-refractivity contribution is 6.30. The summed E-state index contributed by atoms with van der Waals surface area (Å²) < 4.78 is 5.65. The Labute approximate surface area is 113 Å². The number of ether oxygens (including phenoxy) is 1. The summed E-state index contributed by atoms with van der Waals surface area (Å²) in [6, 6.07) is 8.36. The van der Waals surface area contributed by atoms with Gasteiger partial charge in [0, 0.05) is 17.6 Å². The molecule has 1 aromatic carbocycles. The molecule has 0 aromatic heterocycles. The topological polar surface area (TPSA) is 32.7 Å². The summed E-state index contributed by atoms with van der Waals surface area (Å²) in [5, 5.41) is 9.91. The van der Waals surface area contributed by atoms with Gasteiger partial charge in [0.1, 0.15) is 0 Å². The van der Waals surface area contributed by atoms with Crippen LogP contribution in [0.2, 0.25) is 5.02 Å². The zero-order valence-corrected chi connectivity index (χ0v) is 11.4. The van der Waals surface area contributed by atoms with Crippen molar-refractivity contribution in [2.75, 3.05) is 26.3 Å². The van der Waals surface area contributed by atoms with Crippen LogP contribution in [0.15, 0.2) is 24.3 Å². The molecular weight excluding hydrogens is 250 g/mol. The highest BCUT2D eigenvalue weighted by Crippen LogP contribution is 2.17. The summed E-state index contributed by atoms with van der Waals surface area (Å²) in [4.78, 5) is 2.37. The first-order valence-corrected chi connectivity index (χ1v) is 6.81. The summed E-state index contributed by atoms with van der Waals surface area (Å²) in [5.41, 5.74) is 1.27. The van der Waals surface area contributed by atoms with E-state index in [2.05, 4.69) is 24.0 Å². The second-order valence-electron chi connectivity index (χ2n) is 4.71. The van der Waals surface area contributed by atoms with Gasteiger partial charge in [-0.1, -0.05) is 30.7 Å². The molecule has 3 nitrogen and oxygen atoms in total. The zero-order chi connectivity index (χ0) is 13.0. The second-order valence-corrected chi connectivity index (χ2v) is 5.15. The number of halogens is 1. The van der Waals surface area contributed by atoms with Gasteiger partial charge in [0.2, 0.25) is 0 Å². The van der Waals surface area contributed by atoms with E-state index < -0.39 is 0 Å². The van der Waals surface area contributed by atoms with Gasteiger partial charge in [-0.15, -0.1) is 0 Å². The van der Waals surface area contributed by atoms with Gasteiger partial charge in [0.05, 0.1) is 19.3 Å². The number of aliphatic hydroxyl groups is 1. The lowest BCUT2D eigenvalue weighted by Gasteiger charge is -2.38. The van der Waals surface area contributed by atoms with E-state index in [1.807, 2.05) is 12.1 Å². The lowest BCUT2D eigenvalue weighted by atomic mass is 10.0. The fraction of sp³-hybridized carbons (Fsp3) is 0.571. The summed E-state index contributed by atoms with van der Waals surface area (Å²) >= 11 is 5.89. The smallest absolute Gasteiger partial charge is 0.0933 e. The molecule has 18 heavy (non-hydrogen) atoms. The maximum Gasteiger partial charge on any atom is 0.0933 e. The lowest BCUT2D eigenvalue weighted by Crippen LogP contribution is -2.51. The molecule has 0 bridgehead atoms. The number of aliphatic hydroxyl groups excluding tert-OH is 1. The minimum Gasteiger partial charge on any atom is -0.394 e. The van der Waals surface area contributed by atoms with Crippen molar-refractivity contribution in [3.63, 3.8) is 0 Å². The van der Waals surface area contributed by atoms with Crippen molar-refractivity contribution >= 4 is 11.6 Å². The maximum absolute atomic E-state index is 9.14. The van der Waals surface area contributed by atoms with Crippen molar-refractivity contribution < 1.29 is 9.84 Å². The monoisotopic (exact) mass is 269 g/mol. The number of nitrogens with zero attached hydrogens (tertiary/aromatic N) is 1. The zero-order valence-electron chi connectivity index (χ0n) is 10.7. The number of hydrogen-bond donors (Lipinski definition) is 1. The predicted octanol–water partition coefficient (Wildman–Crippen LogP) is 1.96. The normalized spacial score (nSPS) is 25.3. The van der Waals surface area contributed by atoms with Crippen LogP contribution in [0.1, 0.15) is 12.5 Å². The van der Waals surface area contributed by atoms with Crippen molar-refractivity contribution in [2.24, 2.45) is 0 Å². The molecule has 0 spiro atoms. The Balaban J connectivity index is 1.97. The van der Waals surface area contributed by atoms with Gasteiger partial charge in [-0.3, -0.25) is 4.90 Å². The molecule has 1 aromatic rings. The molecule has 1 heterocycles. The molecule has 0 radical (unpaired) electrons. The van der Waals surface area contributed by atoms with Crippen molar-refractivity contribution in [3.05, 3.63) is 34.9 Å². The Morgan fingerprint density at radius 2 is 2.11 bits per heavy atom. The summed E-state index contributed by atoms with van der Waals surface area (Å²) in [6.45, 7) is 4.73. The van der Waals surface area contributed by atoms with Crippen LogP contribution in [0, 0.1) is 0 Å². The lowest BCUT2D eigenvalue weighted by molar-refractivity contribution is -0.0803. The third-order valence-electron chi connectivity index (χ3n) is 3.47. The number of likely N-dealkylation sites (N-methyl/N-ethyl adjacent to an activating group) is 1. The minimum atomic E-state index is -0.0357. The van der Waals surface area contributed by atoms with E-state index in [4.69, 9.17) is 21.4 Å². The van der Waals surface area contributed by atoms with Crippen LogP contribution >= 0.6 is 11.6 Å². The molecule has 100 valence electrons. The molecule has 0 aliphatic carbocycles. The van der Waals surface area contributed by atoms with Gasteiger partial charge in [0.25, 0.3) is 0 Å². The fourth-order valence-electron chi connectivity index (χ4n) is 2.39. The average molecular weight is 270 g/mol. The average Bonchev–Trinajstić information content (AvgIpc) is 2.41. The fourth-order valence-corrected chi connectivity index (χ4v) is 2.52. The van der Waals surface area contributed by atoms with E-state index in [9.17, 15) is 0 Å². The van der Waals surface area contributed by atoms with Gasteiger partial charge < -0.3 is 9.84 Å². The van der Waals surface area contributed by atoms with Crippen LogP contribution in [-0.4, -0.2) is 48.5 Å². The molecule has 1 aliphatic rings. The Hall–Kier alpha value is -0.610. The van der Waals surface area contributed by atoms with Gasteiger partial charge in [-0.2, -0.15) is 0 Å². The van der Waals surface area contributed by atoms with Gasteiger partial charge in [-0.25, -0.2) is 0 Å². The minimum absolute atomic E-state index is 0.0357. The molecular formula is C14H20ClNO2. The Morgan fingerprint density at radius 3 is 2.72 bits per heavy atom.